The van der Waals surface area contributed by atoms with Crippen molar-refractivity contribution in [3.05, 3.63) is 41.4 Å². The first kappa shape index (κ1) is 9.70. The fraction of sp³-hybridized carbons (Fsp3) is 0.0909. The Labute approximate surface area is 83.4 Å². The largest absolute Gasteiger partial charge is 0.381 e. The number of hydrogen-bond acceptors (Lipinski definition) is 1. The molecule has 0 fully saturated rings. The summed E-state index contributed by atoms with van der Waals surface area (Å²) in [5, 5.41) is 3.77. The van der Waals surface area contributed by atoms with Crippen LogP contribution in [0.5, 0.6) is 0 Å². The average Bonchev–Trinajstić information content (AvgIpc) is 2.16. The van der Waals surface area contributed by atoms with Gasteiger partial charge in [-0.25, -0.2) is 0 Å². The van der Waals surface area contributed by atoms with E-state index in [-0.39, 0.29) is 0 Å². The van der Waals surface area contributed by atoms with Gasteiger partial charge in [-0.1, -0.05) is 23.6 Å². The molecule has 66 valence electrons. The van der Waals surface area contributed by atoms with Crippen molar-refractivity contribution in [1.82, 2.24) is 0 Å². The molecule has 0 aliphatic heterocycles. The smallest absolute Gasteiger partial charge is 0.0502 e. The number of anilines is 1. The summed E-state index contributed by atoms with van der Waals surface area (Å²) in [6.45, 7) is 4.30. The molecule has 0 saturated carbocycles. The lowest BCUT2D eigenvalue weighted by Gasteiger charge is -2.06. The van der Waals surface area contributed by atoms with Gasteiger partial charge < -0.3 is 5.32 Å². The first-order valence-corrected chi connectivity index (χ1v) is 4.26. The van der Waals surface area contributed by atoms with E-state index in [0.717, 1.165) is 11.3 Å². The lowest BCUT2D eigenvalue weighted by Crippen LogP contribution is -1.99. The zero-order chi connectivity index (χ0) is 9.68. The summed E-state index contributed by atoms with van der Waals surface area (Å²) < 4.78 is 0. The predicted octanol–water partition coefficient (Wildman–Crippen LogP) is 2.92. The Kier molecular flexibility index (Phi) is 3.42. The van der Waals surface area contributed by atoms with E-state index in [2.05, 4.69) is 17.8 Å². The zero-order valence-electron chi connectivity index (χ0n) is 7.18. The van der Waals surface area contributed by atoms with Crippen LogP contribution in [0.25, 0.3) is 0 Å². The molecule has 0 saturated heterocycles. The molecule has 0 aliphatic rings. The Hall–Kier alpha value is -1.39. The number of nitrogens with one attached hydrogen (secondary N) is 1. The molecule has 1 nitrogen and oxygen atoms in total. The lowest BCUT2D eigenvalue weighted by molar-refractivity contribution is 1.33. The fourth-order valence-electron chi connectivity index (χ4n) is 0.972. The number of benzene rings is 1. The van der Waals surface area contributed by atoms with Crippen molar-refractivity contribution >= 4 is 17.3 Å². The molecule has 0 spiro atoms. The van der Waals surface area contributed by atoms with Gasteiger partial charge in [0.05, 0.1) is 5.69 Å². The Morgan fingerprint density at radius 2 is 2.38 bits per heavy atom. The van der Waals surface area contributed by atoms with E-state index in [0.29, 0.717) is 11.6 Å². The topological polar surface area (TPSA) is 12.0 Å². The monoisotopic (exact) mass is 191 g/mol. The molecule has 0 radical (unpaired) electrons. The van der Waals surface area contributed by atoms with Crippen molar-refractivity contribution in [2.24, 2.45) is 0 Å². The van der Waals surface area contributed by atoms with Crippen molar-refractivity contribution in [2.45, 2.75) is 0 Å². The van der Waals surface area contributed by atoms with Gasteiger partial charge in [-0.3, -0.25) is 0 Å². The molecule has 2 heteroatoms. The third-order valence-corrected chi connectivity index (χ3v) is 1.81. The summed E-state index contributed by atoms with van der Waals surface area (Å²) >= 11 is 5.79. The third kappa shape index (κ3) is 2.54. The molecule has 1 rings (SSSR count). The van der Waals surface area contributed by atoms with Crippen LogP contribution in [0.3, 0.4) is 0 Å². The molecule has 0 aromatic heterocycles. The number of halogens is 1. The molecule has 0 atom stereocenters. The minimum atomic E-state index is 0.650. The summed E-state index contributed by atoms with van der Waals surface area (Å²) in [6.07, 6.45) is 7.09. The average molecular weight is 192 g/mol. The maximum Gasteiger partial charge on any atom is 0.0502 e. The first-order valence-electron chi connectivity index (χ1n) is 3.89. The second kappa shape index (κ2) is 4.59. The van der Waals surface area contributed by atoms with Crippen molar-refractivity contribution in [3.8, 4) is 12.3 Å². The van der Waals surface area contributed by atoms with Crippen LogP contribution in [-0.2, 0) is 0 Å². The van der Waals surface area contributed by atoms with Gasteiger partial charge in [0.15, 0.2) is 0 Å². The Morgan fingerprint density at radius 1 is 1.62 bits per heavy atom. The van der Waals surface area contributed by atoms with E-state index in [9.17, 15) is 0 Å². The van der Waals surface area contributed by atoms with Gasteiger partial charge in [0, 0.05) is 17.1 Å². The molecule has 1 N–H and O–H groups in total. The van der Waals surface area contributed by atoms with Gasteiger partial charge in [-0.15, -0.1) is 13.0 Å². The van der Waals surface area contributed by atoms with Gasteiger partial charge in [0.1, 0.15) is 0 Å². The number of rotatable bonds is 3. The molecule has 0 unspecified atom stereocenters. The normalized spacial score (nSPS) is 8.92. The van der Waals surface area contributed by atoms with Gasteiger partial charge in [-0.05, 0) is 18.2 Å². The van der Waals surface area contributed by atoms with Crippen molar-refractivity contribution in [2.75, 3.05) is 11.9 Å². The first-order chi connectivity index (χ1) is 6.27. The molecule has 1 aromatic rings. The lowest BCUT2D eigenvalue weighted by atomic mass is 10.2. The fourth-order valence-corrected chi connectivity index (χ4v) is 1.14. The van der Waals surface area contributed by atoms with Crippen LogP contribution < -0.4 is 5.32 Å². The van der Waals surface area contributed by atoms with Crippen LogP contribution in [0.4, 0.5) is 5.69 Å². The highest BCUT2D eigenvalue weighted by molar-refractivity contribution is 6.30. The Bertz CT molecular complexity index is 350. The molecule has 1 aromatic carbocycles. The van der Waals surface area contributed by atoms with E-state index in [1.807, 2.05) is 6.07 Å². The maximum absolute atomic E-state index is 5.79. The molecular formula is C11H10ClN. The van der Waals surface area contributed by atoms with Crippen molar-refractivity contribution in [1.29, 1.82) is 0 Å². The molecule has 0 heterocycles. The molecule has 13 heavy (non-hydrogen) atoms. The summed E-state index contributed by atoms with van der Waals surface area (Å²) in [4.78, 5) is 0. The van der Waals surface area contributed by atoms with Gasteiger partial charge in [0.25, 0.3) is 0 Å². The van der Waals surface area contributed by atoms with Crippen LogP contribution >= 0.6 is 11.6 Å². The minimum Gasteiger partial charge on any atom is -0.381 e. The van der Waals surface area contributed by atoms with Crippen LogP contribution in [0.1, 0.15) is 5.56 Å². The standard InChI is InChI=1S/C11H10ClN/c1-3-7-13-11-6-5-10(12)8-9(11)4-2/h2-3,5-6,8,13H,1,7H2. The highest BCUT2D eigenvalue weighted by Gasteiger charge is 1.98. The second-order valence-corrected chi connectivity index (χ2v) is 2.94. The van der Waals surface area contributed by atoms with E-state index in [4.69, 9.17) is 18.0 Å². The predicted molar refractivity (Wildman–Crippen MR) is 58.1 cm³/mol. The molecule has 0 amide bonds. The second-order valence-electron chi connectivity index (χ2n) is 2.50. The van der Waals surface area contributed by atoms with E-state index in [1.54, 1.807) is 18.2 Å². The summed E-state index contributed by atoms with van der Waals surface area (Å²) in [7, 11) is 0. The minimum absolute atomic E-state index is 0.650. The van der Waals surface area contributed by atoms with E-state index >= 15 is 0 Å². The van der Waals surface area contributed by atoms with Crippen LogP contribution in [0, 0.1) is 12.3 Å². The maximum atomic E-state index is 5.79. The summed E-state index contributed by atoms with van der Waals surface area (Å²) in [6, 6.07) is 5.42. The van der Waals surface area contributed by atoms with Crippen LogP contribution in [0.15, 0.2) is 30.9 Å². The van der Waals surface area contributed by atoms with Gasteiger partial charge >= 0.3 is 0 Å². The van der Waals surface area contributed by atoms with Crippen molar-refractivity contribution in [3.63, 3.8) is 0 Å². The van der Waals surface area contributed by atoms with Gasteiger partial charge in [-0.2, -0.15) is 0 Å². The van der Waals surface area contributed by atoms with Gasteiger partial charge in [0.2, 0.25) is 0 Å². The Balaban J connectivity index is 2.94. The Morgan fingerprint density at radius 3 is 3.00 bits per heavy atom. The van der Waals surface area contributed by atoms with E-state index < -0.39 is 0 Å². The number of terminal acetylenes is 1. The third-order valence-electron chi connectivity index (χ3n) is 1.57. The van der Waals surface area contributed by atoms with Crippen LogP contribution in [-0.4, -0.2) is 6.54 Å². The van der Waals surface area contributed by atoms with E-state index in [1.165, 1.54) is 0 Å². The highest BCUT2D eigenvalue weighted by atomic mass is 35.5. The highest BCUT2D eigenvalue weighted by Crippen LogP contribution is 2.19. The quantitative estimate of drug-likeness (QED) is 0.572. The zero-order valence-corrected chi connectivity index (χ0v) is 7.93. The van der Waals surface area contributed by atoms with Crippen LogP contribution in [0.2, 0.25) is 5.02 Å². The molecule has 0 aliphatic carbocycles. The summed E-state index contributed by atoms with van der Waals surface area (Å²) in [5.74, 6) is 2.56. The van der Waals surface area contributed by atoms with Crippen molar-refractivity contribution < 1.29 is 0 Å². The number of hydrogen-bond donors (Lipinski definition) is 1. The SMILES string of the molecule is C#Cc1cc(Cl)ccc1NCC=C. The molecular weight excluding hydrogens is 182 g/mol. The summed E-state index contributed by atoms with van der Waals surface area (Å²) in [5.41, 5.74) is 1.68. The molecule has 0 bridgehead atoms.